The van der Waals surface area contributed by atoms with Crippen molar-refractivity contribution in [3.63, 3.8) is 0 Å². The van der Waals surface area contributed by atoms with Gasteiger partial charge in [-0.05, 0) is 70.8 Å². The molecule has 0 N–H and O–H groups in total. The highest BCUT2D eigenvalue weighted by molar-refractivity contribution is 6.21. The number of fused-ring (bicyclic) bond motifs is 6. The van der Waals surface area contributed by atoms with Crippen molar-refractivity contribution >= 4 is 43.9 Å². The number of hydrogen-bond donors (Lipinski definition) is 0. The van der Waals surface area contributed by atoms with Crippen molar-refractivity contribution in [3.8, 4) is 56.2 Å². The highest BCUT2D eigenvalue weighted by atomic mass is 16.3. The summed E-state index contributed by atoms with van der Waals surface area (Å²) in [5.74, 6) is 0.639. The van der Waals surface area contributed by atoms with E-state index in [1.54, 1.807) is 0 Å². The molecule has 10 rings (SSSR count). The maximum Gasteiger partial charge on any atom is 0.160 e. The summed E-state index contributed by atoms with van der Waals surface area (Å²) >= 11 is 0. The van der Waals surface area contributed by atoms with E-state index in [4.69, 9.17) is 18.8 Å². The maximum absolute atomic E-state index is 6.76. The largest absolute Gasteiger partial charge is 0.456 e. The van der Waals surface area contributed by atoms with Gasteiger partial charge in [0.05, 0.1) is 11.4 Å². The van der Waals surface area contributed by atoms with Gasteiger partial charge >= 0.3 is 0 Å². The molecule has 234 valence electrons. The Morgan fingerprint density at radius 2 is 1.00 bits per heavy atom. The molecule has 10 aromatic rings. The smallest absolute Gasteiger partial charge is 0.160 e. The second kappa shape index (κ2) is 11.4. The summed E-state index contributed by atoms with van der Waals surface area (Å²) in [5, 5.41) is 4.26. The van der Waals surface area contributed by atoms with Crippen molar-refractivity contribution < 1.29 is 8.83 Å². The zero-order chi connectivity index (χ0) is 33.0. The molecular weight excluding hydrogens is 615 g/mol. The summed E-state index contributed by atoms with van der Waals surface area (Å²) in [6.45, 7) is 0. The number of aromatic nitrogens is 3. The molecule has 0 unspecified atom stereocenters. The molecule has 0 saturated heterocycles. The maximum atomic E-state index is 6.76. The Morgan fingerprint density at radius 3 is 1.84 bits per heavy atom. The monoisotopic (exact) mass is 641 g/mol. The number of para-hydroxylation sites is 2. The average molecular weight is 642 g/mol. The second-order valence-electron chi connectivity index (χ2n) is 12.4. The van der Waals surface area contributed by atoms with Crippen LogP contribution in [0.5, 0.6) is 0 Å². The minimum absolute atomic E-state index is 0.639. The Hall–Kier alpha value is -6.85. The SMILES string of the molecule is c1ccc(-c2cc(-c3ccc(-c4cccc5oc6ccccc6c45)c4c3oc3ccccc34)nc(-c3cccc(-c4ccncc4)c3)n2)cc1. The highest BCUT2D eigenvalue weighted by Crippen LogP contribution is 2.45. The van der Waals surface area contributed by atoms with Gasteiger partial charge in [0.15, 0.2) is 5.82 Å². The third-order valence-corrected chi connectivity index (χ3v) is 9.42. The Morgan fingerprint density at radius 1 is 0.380 bits per heavy atom. The highest BCUT2D eigenvalue weighted by Gasteiger charge is 2.22. The Kier molecular flexibility index (Phi) is 6.42. The zero-order valence-electron chi connectivity index (χ0n) is 26.7. The van der Waals surface area contributed by atoms with Crippen LogP contribution in [0.3, 0.4) is 0 Å². The van der Waals surface area contributed by atoms with Gasteiger partial charge in [-0.15, -0.1) is 0 Å². The summed E-state index contributed by atoms with van der Waals surface area (Å²) < 4.78 is 13.1. The molecule has 0 aliphatic rings. The fourth-order valence-electron chi connectivity index (χ4n) is 7.11. The number of rotatable bonds is 5. The van der Waals surface area contributed by atoms with E-state index in [2.05, 4.69) is 96.0 Å². The van der Waals surface area contributed by atoms with Crippen LogP contribution in [-0.2, 0) is 0 Å². The van der Waals surface area contributed by atoms with E-state index >= 15 is 0 Å². The van der Waals surface area contributed by atoms with Gasteiger partial charge in [-0.3, -0.25) is 4.98 Å². The van der Waals surface area contributed by atoms with Crippen LogP contribution in [0.4, 0.5) is 0 Å². The standard InChI is InChI=1S/C45H27N3O2/c1-2-10-29(11-3-1)37-27-38(48-45(47-37)31-13-8-12-30(26-31)28-22-24-46-25-23-28)34-21-20-33(43-36-15-5-7-18-40(36)50-44(34)43)32-16-9-19-41-42(32)35-14-4-6-17-39(35)49-41/h1-27H. The van der Waals surface area contributed by atoms with Gasteiger partial charge in [-0.1, -0.05) is 103 Å². The molecule has 50 heavy (non-hydrogen) atoms. The van der Waals surface area contributed by atoms with Crippen molar-refractivity contribution in [1.82, 2.24) is 15.0 Å². The summed E-state index contributed by atoms with van der Waals surface area (Å²) in [7, 11) is 0. The molecular formula is C45H27N3O2. The van der Waals surface area contributed by atoms with Crippen molar-refractivity contribution in [2.75, 3.05) is 0 Å². The molecule has 0 fully saturated rings. The summed E-state index contributed by atoms with van der Waals surface area (Å²) in [4.78, 5) is 14.6. The van der Waals surface area contributed by atoms with E-state index in [9.17, 15) is 0 Å². The first-order chi connectivity index (χ1) is 24.8. The third-order valence-electron chi connectivity index (χ3n) is 9.42. The molecule has 4 aromatic heterocycles. The molecule has 0 atom stereocenters. The van der Waals surface area contributed by atoms with Crippen LogP contribution in [0.2, 0.25) is 0 Å². The molecule has 0 radical (unpaired) electrons. The Bertz CT molecular complexity index is 2870. The van der Waals surface area contributed by atoms with Crippen molar-refractivity contribution in [2.45, 2.75) is 0 Å². The lowest BCUT2D eigenvalue weighted by molar-refractivity contribution is 0.668. The number of hydrogen-bond acceptors (Lipinski definition) is 5. The van der Waals surface area contributed by atoms with Gasteiger partial charge in [-0.2, -0.15) is 0 Å². The first kappa shape index (κ1) is 28.2. The van der Waals surface area contributed by atoms with Crippen LogP contribution in [-0.4, -0.2) is 15.0 Å². The molecule has 5 nitrogen and oxygen atoms in total. The fraction of sp³-hybridized carbons (Fsp3) is 0. The molecule has 4 heterocycles. The molecule has 5 heteroatoms. The van der Waals surface area contributed by atoms with Crippen LogP contribution in [0.25, 0.3) is 100 Å². The van der Waals surface area contributed by atoms with Gasteiger partial charge in [0.25, 0.3) is 0 Å². The molecule has 0 bridgehead atoms. The van der Waals surface area contributed by atoms with Crippen LogP contribution >= 0.6 is 0 Å². The molecule has 0 spiro atoms. The normalized spacial score (nSPS) is 11.6. The lowest BCUT2D eigenvalue weighted by Gasteiger charge is -2.12. The van der Waals surface area contributed by atoms with E-state index in [-0.39, 0.29) is 0 Å². The van der Waals surface area contributed by atoms with Gasteiger partial charge in [-0.25, -0.2) is 9.97 Å². The van der Waals surface area contributed by atoms with Crippen LogP contribution in [0.15, 0.2) is 173 Å². The first-order valence-electron chi connectivity index (χ1n) is 16.6. The predicted molar refractivity (Wildman–Crippen MR) is 202 cm³/mol. The fourth-order valence-corrected chi connectivity index (χ4v) is 7.11. The minimum Gasteiger partial charge on any atom is -0.456 e. The summed E-state index contributed by atoms with van der Waals surface area (Å²) in [6.07, 6.45) is 3.62. The number of nitrogens with zero attached hydrogens (tertiary/aromatic N) is 3. The van der Waals surface area contributed by atoms with Gasteiger partial charge in [0.1, 0.15) is 22.3 Å². The average Bonchev–Trinajstić information content (AvgIpc) is 3.77. The molecule has 0 aliphatic carbocycles. The van der Waals surface area contributed by atoms with Gasteiger partial charge in [0.2, 0.25) is 0 Å². The first-order valence-corrected chi connectivity index (χ1v) is 16.6. The predicted octanol–water partition coefficient (Wildman–Crippen LogP) is 12.0. The van der Waals surface area contributed by atoms with Crippen molar-refractivity contribution in [3.05, 3.63) is 164 Å². The van der Waals surface area contributed by atoms with E-state index in [0.29, 0.717) is 5.82 Å². The zero-order valence-corrected chi connectivity index (χ0v) is 26.7. The number of furan rings is 2. The third kappa shape index (κ3) is 4.60. The quantitative estimate of drug-likeness (QED) is 0.187. The van der Waals surface area contributed by atoms with E-state index in [0.717, 1.165) is 94.2 Å². The van der Waals surface area contributed by atoms with E-state index in [1.807, 2.05) is 73.1 Å². The minimum atomic E-state index is 0.639. The van der Waals surface area contributed by atoms with Crippen molar-refractivity contribution in [2.24, 2.45) is 0 Å². The molecule has 0 aliphatic heterocycles. The number of benzene rings is 6. The lowest BCUT2D eigenvalue weighted by atomic mass is 9.93. The Balaban J connectivity index is 1.23. The number of pyridine rings is 1. The van der Waals surface area contributed by atoms with Crippen LogP contribution in [0, 0.1) is 0 Å². The van der Waals surface area contributed by atoms with Gasteiger partial charge < -0.3 is 8.83 Å². The lowest BCUT2D eigenvalue weighted by Crippen LogP contribution is -1.96. The summed E-state index contributed by atoms with van der Waals surface area (Å²) in [5.41, 5.74) is 12.1. The second-order valence-corrected chi connectivity index (χ2v) is 12.4. The van der Waals surface area contributed by atoms with Crippen LogP contribution < -0.4 is 0 Å². The molecule has 6 aromatic carbocycles. The van der Waals surface area contributed by atoms with Gasteiger partial charge in [0, 0.05) is 50.6 Å². The Labute approximate surface area is 287 Å². The molecule has 0 saturated carbocycles. The van der Waals surface area contributed by atoms with E-state index < -0.39 is 0 Å². The van der Waals surface area contributed by atoms with Crippen molar-refractivity contribution in [1.29, 1.82) is 0 Å². The summed E-state index contributed by atoms with van der Waals surface area (Å²) in [6, 6.07) is 51.8. The van der Waals surface area contributed by atoms with E-state index in [1.165, 1.54) is 0 Å². The molecule has 0 amide bonds. The van der Waals surface area contributed by atoms with Crippen LogP contribution in [0.1, 0.15) is 0 Å². The topological polar surface area (TPSA) is 65.0 Å².